The Hall–Kier alpha value is -2.61. The van der Waals surface area contributed by atoms with Crippen LogP contribution in [-0.4, -0.2) is 48.2 Å². The minimum absolute atomic E-state index is 0.114. The van der Waals surface area contributed by atoms with Crippen molar-refractivity contribution in [2.45, 2.75) is 20.3 Å². The van der Waals surface area contributed by atoms with E-state index < -0.39 is 0 Å². The molecule has 0 aliphatic carbocycles. The summed E-state index contributed by atoms with van der Waals surface area (Å²) in [6, 6.07) is 4.80. The molecule has 2 heterocycles. The molecule has 0 aliphatic rings. The summed E-state index contributed by atoms with van der Waals surface area (Å²) in [5, 5.41) is 6.29. The van der Waals surface area contributed by atoms with Gasteiger partial charge in [-0.2, -0.15) is 0 Å². The van der Waals surface area contributed by atoms with Crippen LogP contribution in [0.3, 0.4) is 0 Å². The van der Waals surface area contributed by atoms with Crippen molar-refractivity contribution in [3.63, 3.8) is 0 Å². The second kappa shape index (κ2) is 8.88. The highest BCUT2D eigenvalue weighted by Gasteiger charge is 2.21. The number of hydrogen-bond donors (Lipinski definition) is 1. The third kappa shape index (κ3) is 5.24. The number of furan rings is 1. The summed E-state index contributed by atoms with van der Waals surface area (Å²) in [7, 11) is 0. The van der Waals surface area contributed by atoms with Crippen molar-refractivity contribution in [1.29, 1.82) is 0 Å². The lowest BCUT2D eigenvalue weighted by molar-refractivity contribution is -0.117. The summed E-state index contributed by atoms with van der Waals surface area (Å²) in [6.45, 7) is 5.02. The number of carbonyl (C=O) groups is 2. The standard InChI is InChI=1S/C16H21N3O5/c1-3-22-8-5-7-19(16(21)13-6-4-9-23-13)11-15(20)17-14-10-12(2)24-18-14/h4,6,9-10H,3,5,7-8,11H2,1-2H3,(H,17,18,20). The smallest absolute Gasteiger partial charge is 0.290 e. The SMILES string of the molecule is CCOCCCN(CC(=O)Nc1cc(C)on1)C(=O)c1ccco1. The highest BCUT2D eigenvalue weighted by atomic mass is 16.5. The van der Waals surface area contributed by atoms with Crippen LogP contribution in [0.15, 0.2) is 33.4 Å². The van der Waals surface area contributed by atoms with Gasteiger partial charge in [0, 0.05) is 25.8 Å². The Balaban J connectivity index is 1.95. The van der Waals surface area contributed by atoms with Crippen molar-refractivity contribution in [2.24, 2.45) is 0 Å². The Bertz CT molecular complexity index is 650. The number of ether oxygens (including phenoxy) is 1. The van der Waals surface area contributed by atoms with Gasteiger partial charge in [0.2, 0.25) is 5.91 Å². The van der Waals surface area contributed by atoms with E-state index in [9.17, 15) is 9.59 Å². The van der Waals surface area contributed by atoms with Crippen LogP contribution >= 0.6 is 0 Å². The van der Waals surface area contributed by atoms with Crippen molar-refractivity contribution in [1.82, 2.24) is 10.1 Å². The average Bonchev–Trinajstić information content (AvgIpc) is 3.21. The van der Waals surface area contributed by atoms with E-state index in [0.717, 1.165) is 0 Å². The first kappa shape index (κ1) is 17.7. The monoisotopic (exact) mass is 335 g/mol. The molecule has 1 N–H and O–H groups in total. The van der Waals surface area contributed by atoms with Crippen LogP contribution in [0.4, 0.5) is 5.82 Å². The lowest BCUT2D eigenvalue weighted by Gasteiger charge is -2.20. The van der Waals surface area contributed by atoms with Crippen LogP contribution in [0.2, 0.25) is 0 Å². The molecule has 2 aromatic rings. The van der Waals surface area contributed by atoms with Gasteiger partial charge in [0.25, 0.3) is 5.91 Å². The summed E-state index contributed by atoms with van der Waals surface area (Å²) in [5.74, 6) is 0.391. The fraction of sp³-hybridized carbons (Fsp3) is 0.438. The van der Waals surface area contributed by atoms with Crippen LogP contribution in [0.1, 0.15) is 29.7 Å². The average molecular weight is 335 g/mol. The molecule has 8 heteroatoms. The maximum absolute atomic E-state index is 12.4. The van der Waals surface area contributed by atoms with Crippen molar-refractivity contribution in [2.75, 3.05) is 31.6 Å². The van der Waals surface area contributed by atoms with Gasteiger partial charge < -0.3 is 23.9 Å². The van der Waals surface area contributed by atoms with E-state index in [4.69, 9.17) is 13.7 Å². The molecule has 8 nitrogen and oxygen atoms in total. The zero-order chi connectivity index (χ0) is 17.4. The minimum Gasteiger partial charge on any atom is -0.459 e. The Morgan fingerprint density at radius 3 is 2.88 bits per heavy atom. The van der Waals surface area contributed by atoms with Crippen LogP contribution in [0, 0.1) is 6.92 Å². The van der Waals surface area contributed by atoms with E-state index in [1.165, 1.54) is 11.2 Å². The van der Waals surface area contributed by atoms with E-state index in [0.29, 0.717) is 37.8 Å². The van der Waals surface area contributed by atoms with Gasteiger partial charge in [0.15, 0.2) is 11.6 Å². The summed E-state index contributed by atoms with van der Waals surface area (Å²) in [6.07, 6.45) is 2.04. The fourth-order valence-electron chi connectivity index (χ4n) is 2.09. The van der Waals surface area contributed by atoms with Crippen LogP contribution in [0.5, 0.6) is 0 Å². The summed E-state index contributed by atoms with van der Waals surface area (Å²) >= 11 is 0. The minimum atomic E-state index is -0.361. The normalized spacial score (nSPS) is 10.6. The number of carbonyl (C=O) groups excluding carboxylic acids is 2. The molecule has 0 radical (unpaired) electrons. The second-order valence-corrected chi connectivity index (χ2v) is 5.13. The van der Waals surface area contributed by atoms with Crippen LogP contribution < -0.4 is 5.32 Å². The number of nitrogens with zero attached hydrogens (tertiary/aromatic N) is 2. The van der Waals surface area contributed by atoms with Crippen molar-refractivity contribution < 1.29 is 23.3 Å². The van der Waals surface area contributed by atoms with Crippen molar-refractivity contribution >= 4 is 17.6 Å². The van der Waals surface area contributed by atoms with E-state index in [2.05, 4.69) is 10.5 Å². The molecule has 2 amide bonds. The number of nitrogens with one attached hydrogen (secondary N) is 1. The first-order chi connectivity index (χ1) is 11.6. The zero-order valence-electron chi connectivity index (χ0n) is 13.8. The topological polar surface area (TPSA) is 97.8 Å². The Morgan fingerprint density at radius 2 is 2.25 bits per heavy atom. The number of anilines is 1. The van der Waals surface area contributed by atoms with Gasteiger partial charge in [-0.25, -0.2) is 0 Å². The third-order valence-electron chi connectivity index (χ3n) is 3.17. The van der Waals surface area contributed by atoms with E-state index in [1.54, 1.807) is 25.1 Å². The molecule has 0 aliphatic heterocycles. The maximum atomic E-state index is 12.4. The molecule has 0 saturated carbocycles. The van der Waals surface area contributed by atoms with Gasteiger partial charge in [-0.15, -0.1) is 0 Å². The van der Waals surface area contributed by atoms with Crippen LogP contribution in [-0.2, 0) is 9.53 Å². The summed E-state index contributed by atoms with van der Waals surface area (Å²) < 4.78 is 15.3. The molecule has 2 rings (SSSR count). The lowest BCUT2D eigenvalue weighted by Crippen LogP contribution is -2.39. The van der Waals surface area contributed by atoms with Gasteiger partial charge >= 0.3 is 0 Å². The van der Waals surface area contributed by atoms with Gasteiger partial charge in [-0.1, -0.05) is 5.16 Å². The van der Waals surface area contributed by atoms with E-state index in [-0.39, 0.29) is 24.1 Å². The molecule has 2 aromatic heterocycles. The van der Waals surface area contributed by atoms with E-state index >= 15 is 0 Å². The number of aromatic nitrogens is 1. The maximum Gasteiger partial charge on any atom is 0.290 e. The highest BCUT2D eigenvalue weighted by molar-refractivity contribution is 5.97. The molecule has 0 bridgehead atoms. The van der Waals surface area contributed by atoms with Gasteiger partial charge in [-0.3, -0.25) is 9.59 Å². The van der Waals surface area contributed by atoms with Gasteiger partial charge in [0.05, 0.1) is 6.26 Å². The summed E-state index contributed by atoms with van der Waals surface area (Å²) in [4.78, 5) is 26.0. The Morgan fingerprint density at radius 1 is 1.42 bits per heavy atom. The molecule has 0 spiro atoms. The second-order valence-electron chi connectivity index (χ2n) is 5.13. The predicted octanol–water partition coefficient (Wildman–Crippen LogP) is 2.08. The first-order valence-electron chi connectivity index (χ1n) is 7.74. The Kier molecular flexibility index (Phi) is 6.56. The van der Waals surface area contributed by atoms with Crippen LogP contribution in [0.25, 0.3) is 0 Å². The molecular weight excluding hydrogens is 314 g/mol. The van der Waals surface area contributed by atoms with Gasteiger partial charge in [0.1, 0.15) is 12.3 Å². The molecule has 0 atom stereocenters. The molecule has 0 fully saturated rings. The van der Waals surface area contributed by atoms with E-state index in [1.807, 2.05) is 6.92 Å². The fourth-order valence-corrected chi connectivity index (χ4v) is 2.09. The summed E-state index contributed by atoms with van der Waals surface area (Å²) in [5.41, 5.74) is 0. The number of hydrogen-bond acceptors (Lipinski definition) is 6. The lowest BCUT2D eigenvalue weighted by atomic mass is 10.3. The molecule has 0 saturated heterocycles. The molecule has 130 valence electrons. The largest absolute Gasteiger partial charge is 0.459 e. The Labute approximate surface area is 139 Å². The highest BCUT2D eigenvalue weighted by Crippen LogP contribution is 2.09. The number of rotatable bonds is 9. The number of aryl methyl sites for hydroxylation is 1. The third-order valence-corrected chi connectivity index (χ3v) is 3.17. The molecule has 0 unspecified atom stereocenters. The number of amides is 2. The predicted molar refractivity (Wildman–Crippen MR) is 85.6 cm³/mol. The first-order valence-corrected chi connectivity index (χ1v) is 7.74. The van der Waals surface area contributed by atoms with Gasteiger partial charge in [-0.05, 0) is 32.4 Å². The molecular formula is C16H21N3O5. The zero-order valence-corrected chi connectivity index (χ0v) is 13.8. The van der Waals surface area contributed by atoms with Crippen molar-refractivity contribution in [3.8, 4) is 0 Å². The quantitative estimate of drug-likeness (QED) is 0.705. The molecule has 0 aromatic carbocycles. The molecule has 24 heavy (non-hydrogen) atoms. The van der Waals surface area contributed by atoms with Crippen molar-refractivity contribution in [3.05, 3.63) is 36.0 Å².